The molecule has 1 aliphatic carbocycles. The number of aryl methyl sites for hydroxylation is 1. The third kappa shape index (κ3) is 6.03. The normalized spacial score (nSPS) is 22.2. The number of alkyl halides is 1. The number of unbranched alkanes of at least 4 members (excludes halogenated alkanes) is 1. The number of halogens is 1. The third-order valence-corrected chi connectivity index (χ3v) is 9.45. The van der Waals surface area contributed by atoms with Crippen LogP contribution >= 0.6 is 27.3 Å². The van der Waals surface area contributed by atoms with Gasteiger partial charge in [-0.25, -0.2) is 4.79 Å². The highest BCUT2D eigenvalue weighted by atomic mass is 79.9. The number of carboxylic acids is 1. The van der Waals surface area contributed by atoms with Crippen molar-refractivity contribution in [1.82, 2.24) is 0 Å². The Bertz CT molecular complexity index is 873. The fraction of sp³-hybridized carbons (Fsp3) is 0.593. The number of benzene rings is 1. The van der Waals surface area contributed by atoms with Crippen LogP contribution in [0.5, 0.6) is 0 Å². The first-order valence-corrected chi connectivity index (χ1v) is 13.7. The van der Waals surface area contributed by atoms with Crippen molar-refractivity contribution in [2.24, 2.45) is 5.92 Å². The summed E-state index contributed by atoms with van der Waals surface area (Å²) < 4.78 is 0. The standard InChI is InChI=1S/C27H37BrO3S/c1-4-5-9-24(29)27(2,3)20-13-10-19(11-14-20)25-18(12-16-22(25)28)7-6-8-21-15-17-23(32-21)26(30)31/h10-11,13-15,17-18,22,24-25,29H,4-9,12,16H2,1-3H3,(H,30,31). The molecule has 2 N–H and O–H groups in total. The van der Waals surface area contributed by atoms with E-state index in [2.05, 4.69) is 61.0 Å². The maximum atomic E-state index is 11.1. The van der Waals surface area contributed by atoms with E-state index in [-0.39, 0.29) is 11.5 Å². The summed E-state index contributed by atoms with van der Waals surface area (Å²) in [5.74, 6) is 0.325. The number of hydrogen-bond acceptors (Lipinski definition) is 3. The maximum absolute atomic E-state index is 11.1. The fourth-order valence-electron chi connectivity index (χ4n) is 5.08. The van der Waals surface area contributed by atoms with Gasteiger partial charge in [-0.15, -0.1) is 11.3 Å². The molecule has 0 saturated heterocycles. The average molecular weight is 522 g/mol. The van der Waals surface area contributed by atoms with Gasteiger partial charge in [0.15, 0.2) is 0 Å². The average Bonchev–Trinajstić information content (AvgIpc) is 3.39. The van der Waals surface area contributed by atoms with Gasteiger partial charge in [0.2, 0.25) is 0 Å². The van der Waals surface area contributed by atoms with Gasteiger partial charge >= 0.3 is 5.97 Å². The Hall–Kier alpha value is -1.17. The van der Waals surface area contributed by atoms with Crippen LogP contribution in [-0.4, -0.2) is 27.1 Å². The van der Waals surface area contributed by atoms with E-state index in [1.807, 2.05) is 6.07 Å². The zero-order valence-corrected chi connectivity index (χ0v) is 21.9. The molecule has 0 radical (unpaired) electrons. The van der Waals surface area contributed by atoms with Crippen LogP contribution in [0, 0.1) is 5.92 Å². The van der Waals surface area contributed by atoms with Crippen molar-refractivity contribution < 1.29 is 15.0 Å². The Balaban J connectivity index is 1.62. The molecule has 2 aromatic rings. The molecule has 0 bridgehead atoms. The molecule has 0 spiro atoms. The summed E-state index contributed by atoms with van der Waals surface area (Å²) in [6.07, 6.45) is 8.32. The Morgan fingerprint density at radius 2 is 1.88 bits per heavy atom. The van der Waals surface area contributed by atoms with Crippen LogP contribution < -0.4 is 0 Å². The monoisotopic (exact) mass is 520 g/mol. The minimum Gasteiger partial charge on any atom is -0.477 e. The second-order valence-corrected chi connectivity index (χ2v) is 12.2. The third-order valence-electron chi connectivity index (χ3n) is 7.29. The Kier molecular flexibility index (Phi) is 8.99. The molecule has 176 valence electrons. The molecule has 1 fully saturated rings. The molecule has 4 unspecified atom stereocenters. The van der Waals surface area contributed by atoms with Crippen molar-refractivity contribution in [2.45, 2.75) is 94.4 Å². The lowest BCUT2D eigenvalue weighted by Gasteiger charge is -2.32. The molecule has 32 heavy (non-hydrogen) atoms. The molecule has 1 aliphatic rings. The first-order chi connectivity index (χ1) is 15.2. The first kappa shape index (κ1) is 25.5. The summed E-state index contributed by atoms with van der Waals surface area (Å²) >= 11 is 5.35. The number of aliphatic hydroxyl groups excluding tert-OH is 1. The van der Waals surface area contributed by atoms with Crippen LogP contribution in [0.1, 0.15) is 97.3 Å². The predicted octanol–water partition coefficient (Wildman–Crippen LogP) is 7.56. The highest BCUT2D eigenvalue weighted by molar-refractivity contribution is 9.09. The second-order valence-electron chi connectivity index (χ2n) is 9.84. The van der Waals surface area contributed by atoms with E-state index < -0.39 is 5.97 Å². The number of carbonyl (C=O) groups is 1. The topological polar surface area (TPSA) is 57.5 Å². The van der Waals surface area contributed by atoms with Crippen molar-refractivity contribution in [3.05, 3.63) is 57.3 Å². The molecule has 3 rings (SSSR count). The zero-order chi connectivity index (χ0) is 23.3. The number of aromatic carboxylic acids is 1. The SMILES string of the molecule is CCCCC(O)C(C)(C)c1ccc(C2C(Br)CCC2CCCc2ccc(C(=O)O)s2)cc1. The highest BCUT2D eigenvalue weighted by Crippen LogP contribution is 2.46. The highest BCUT2D eigenvalue weighted by Gasteiger charge is 2.36. The Labute approximate surface area is 205 Å². The second kappa shape index (κ2) is 11.3. The van der Waals surface area contributed by atoms with Crippen LogP contribution in [0.25, 0.3) is 0 Å². The largest absolute Gasteiger partial charge is 0.477 e. The quantitative estimate of drug-likeness (QED) is 0.300. The van der Waals surface area contributed by atoms with Crippen LogP contribution in [0.2, 0.25) is 0 Å². The molecule has 1 aromatic heterocycles. The van der Waals surface area contributed by atoms with E-state index in [9.17, 15) is 9.90 Å². The number of hydrogen-bond donors (Lipinski definition) is 2. The van der Waals surface area contributed by atoms with E-state index in [1.54, 1.807) is 6.07 Å². The minimum atomic E-state index is -0.830. The molecule has 0 aliphatic heterocycles. The Morgan fingerprint density at radius 3 is 2.50 bits per heavy atom. The molecule has 3 nitrogen and oxygen atoms in total. The van der Waals surface area contributed by atoms with Crippen molar-refractivity contribution >= 4 is 33.2 Å². The van der Waals surface area contributed by atoms with Gasteiger partial charge in [0.05, 0.1) is 6.10 Å². The van der Waals surface area contributed by atoms with Crippen molar-refractivity contribution in [3.63, 3.8) is 0 Å². The lowest BCUT2D eigenvalue weighted by molar-refractivity contribution is 0.0702. The maximum Gasteiger partial charge on any atom is 0.345 e. The summed E-state index contributed by atoms with van der Waals surface area (Å²) in [6, 6.07) is 12.7. The molecular formula is C27H37BrO3S. The summed E-state index contributed by atoms with van der Waals surface area (Å²) in [5, 5.41) is 19.8. The number of rotatable bonds is 11. The first-order valence-electron chi connectivity index (χ1n) is 12.0. The van der Waals surface area contributed by atoms with Crippen LogP contribution in [0.3, 0.4) is 0 Å². The lowest BCUT2D eigenvalue weighted by atomic mass is 9.76. The predicted molar refractivity (Wildman–Crippen MR) is 137 cm³/mol. The van der Waals surface area contributed by atoms with Crippen LogP contribution in [0.4, 0.5) is 0 Å². The van der Waals surface area contributed by atoms with Crippen LogP contribution in [-0.2, 0) is 11.8 Å². The number of aliphatic hydroxyl groups is 1. The number of carboxylic acid groups (broad SMARTS) is 1. The van der Waals surface area contributed by atoms with E-state index >= 15 is 0 Å². The van der Waals surface area contributed by atoms with Crippen molar-refractivity contribution in [2.75, 3.05) is 0 Å². The van der Waals surface area contributed by atoms with Gasteiger partial charge in [0, 0.05) is 15.1 Å². The van der Waals surface area contributed by atoms with Gasteiger partial charge in [-0.3, -0.25) is 0 Å². The molecule has 0 amide bonds. The van der Waals surface area contributed by atoms with Gasteiger partial charge in [-0.2, -0.15) is 0 Å². The van der Waals surface area contributed by atoms with E-state index in [0.29, 0.717) is 21.5 Å². The molecule has 1 heterocycles. The van der Waals surface area contributed by atoms with Gasteiger partial charge in [0.1, 0.15) is 4.88 Å². The van der Waals surface area contributed by atoms with Crippen molar-refractivity contribution in [1.29, 1.82) is 0 Å². The van der Waals surface area contributed by atoms with E-state index in [0.717, 1.165) is 38.5 Å². The van der Waals surface area contributed by atoms with Gasteiger partial charge in [-0.05, 0) is 73.6 Å². The molecular weight excluding hydrogens is 484 g/mol. The Morgan fingerprint density at radius 1 is 1.16 bits per heavy atom. The minimum absolute atomic E-state index is 0.244. The smallest absolute Gasteiger partial charge is 0.345 e. The lowest BCUT2D eigenvalue weighted by Crippen LogP contribution is -2.33. The van der Waals surface area contributed by atoms with Gasteiger partial charge in [-0.1, -0.05) is 73.8 Å². The molecule has 1 saturated carbocycles. The zero-order valence-electron chi connectivity index (χ0n) is 19.5. The van der Waals surface area contributed by atoms with E-state index in [1.165, 1.54) is 40.2 Å². The summed E-state index contributed by atoms with van der Waals surface area (Å²) in [4.78, 5) is 13.2. The van der Waals surface area contributed by atoms with Gasteiger partial charge < -0.3 is 10.2 Å². The fourth-order valence-corrected chi connectivity index (χ4v) is 6.97. The molecule has 1 aromatic carbocycles. The number of thiophene rings is 1. The van der Waals surface area contributed by atoms with Crippen molar-refractivity contribution in [3.8, 4) is 0 Å². The molecule has 5 heteroatoms. The summed E-state index contributed by atoms with van der Waals surface area (Å²) in [5.41, 5.74) is 2.35. The van der Waals surface area contributed by atoms with Gasteiger partial charge in [0.25, 0.3) is 0 Å². The summed E-state index contributed by atoms with van der Waals surface area (Å²) in [6.45, 7) is 6.46. The molecule has 4 atom stereocenters. The van der Waals surface area contributed by atoms with Crippen LogP contribution in [0.15, 0.2) is 36.4 Å². The van der Waals surface area contributed by atoms with E-state index in [4.69, 9.17) is 5.11 Å². The summed E-state index contributed by atoms with van der Waals surface area (Å²) in [7, 11) is 0.